The second kappa shape index (κ2) is 11.3. The summed E-state index contributed by atoms with van der Waals surface area (Å²) in [7, 11) is 1.88. The van der Waals surface area contributed by atoms with E-state index in [1.807, 2.05) is 7.05 Å². The molecule has 0 aliphatic carbocycles. The molecular weight excluding hydrogens is 278 g/mol. The number of hydrogen-bond donors (Lipinski definition) is 4. The van der Waals surface area contributed by atoms with Crippen molar-refractivity contribution in [1.29, 1.82) is 0 Å². The second-order valence-electron chi connectivity index (χ2n) is 5.24. The quantitative estimate of drug-likeness (QED) is 0.359. The van der Waals surface area contributed by atoms with Crippen molar-refractivity contribution in [2.24, 2.45) is 0 Å². The molecule has 126 valence electrons. The van der Waals surface area contributed by atoms with Crippen molar-refractivity contribution in [3.8, 4) is 0 Å². The highest BCUT2D eigenvalue weighted by Crippen LogP contribution is 2.23. The molecule has 0 aromatic rings. The van der Waals surface area contributed by atoms with E-state index in [4.69, 9.17) is 19.3 Å². The third kappa shape index (κ3) is 7.51. The maximum absolute atomic E-state index is 9.70. The Morgan fingerprint density at radius 2 is 1.86 bits per heavy atom. The fourth-order valence-electron chi connectivity index (χ4n) is 2.29. The van der Waals surface area contributed by atoms with Crippen LogP contribution in [0.25, 0.3) is 0 Å². The average molecular weight is 307 g/mol. The molecule has 1 aliphatic heterocycles. The van der Waals surface area contributed by atoms with Crippen molar-refractivity contribution in [3.05, 3.63) is 0 Å². The lowest BCUT2D eigenvalue weighted by atomic mass is 9.96. The van der Waals surface area contributed by atoms with Crippen LogP contribution in [0.3, 0.4) is 0 Å². The molecule has 7 nitrogen and oxygen atoms in total. The largest absolute Gasteiger partial charge is 0.394 e. The molecule has 7 heteroatoms. The summed E-state index contributed by atoms with van der Waals surface area (Å²) in [6.07, 6.45) is -0.732. The van der Waals surface area contributed by atoms with Crippen LogP contribution in [0.4, 0.5) is 0 Å². The van der Waals surface area contributed by atoms with Gasteiger partial charge in [0.1, 0.15) is 12.2 Å². The van der Waals surface area contributed by atoms with Gasteiger partial charge in [0, 0.05) is 19.6 Å². The molecular formula is C14H29NO6. The molecule has 0 saturated carbocycles. The molecule has 0 spiro atoms. The Kier molecular flexibility index (Phi) is 10.1. The Bertz CT molecular complexity index is 256. The zero-order valence-corrected chi connectivity index (χ0v) is 12.7. The minimum Gasteiger partial charge on any atom is -0.394 e. The molecule has 1 saturated heterocycles. The molecule has 0 radical (unpaired) electrons. The summed E-state index contributed by atoms with van der Waals surface area (Å²) in [5.74, 6) is 0. The molecule has 4 unspecified atom stereocenters. The van der Waals surface area contributed by atoms with Gasteiger partial charge in [-0.05, 0) is 19.9 Å². The zero-order chi connectivity index (χ0) is 15.5. The Morgan fingerprint density at radius 1 is 1.14 bits per heavy atom. The van der Waals surface area contributed by atoms with Gasteiger partial charge in [-0.3, -0.25) is 0 Å². The van der Waals surface area contributed by atoms with Crippen molar-refractivity contribution < 1.29 is 29.5 Å². The van der Waals surface area contributed by atoms with Crippen LogP contribution in [0.2, 0.25) is 0 Å². The minimum atomic E-state index is -1.00. The lowest BCUT2D eigenvalue weighted by Crippen LogP contribution is -2.49. The first-order chi connectivity index (χ1) is 10.2. The van der Waals surface area contributed by atoms with E-state index in [9.17, 15) is 10.2 Å². The summed E-state index contributed by atoms with van der Waals surface area (Å²) >= 11 is 0. The van der Waals surface area contributed by atoms with E-state index in [1.165, 1.54) is 0 Å². The third-order valence-corrected chi connectivity index (χ3v) is 3.51. The van der Waals surface area contributed by atoms with Crippen LogP contribution < -0.4 is 5.32 Å². The van der Waals surface area contributed by atoms with Crippen molar-refractivity contribution in [2.75, 3.05) is 46.6 Å². The number of ether oxygens (including phenoxy) is 3. The van der Waals surface area contributed by atoms with E-state index in [0.717, 1.165) is 19.4 Å². The zero-order valence-electron chi connectivity index (χ0n) is 12.7. The maximum atomic E-state index is 9.70. The van der Waals surface area contributed by atoms with E-state index in [0.29, 0.717) is 32.8 Å². The van der Waals surface area contributed by atoms with Gasteiger partial charge in [0.05, 0.1) is 38.6 Å². The summed E-state index contributed by atoms with van der Waals surface area (Å²) in [4.78, 5) is 0. The second-order valence-corrected chi connectivity index (χ2v) is 5.24. The van der Waals surface area contributed by atoms with Crippen LogP contribution in [0.5, 0.6) is 0 Å². The summed E-state index contributed by atoms with van der Waals surface area (Å²) in [5.41, 5.74) is 0. The predicted molar refractivity (Wildman–Crippen MR) is 77.2 cm³/mol. The van der Waals surface area contributed by atoms with Crippen molar-refractivity contribution in [2.45, 2.75) is 43.7 Å². The van der Waals surface area contributed by atoms with E-state index in [1.54, 1.807) is 0 Å². The maximum Gasteiger partial charge on any atom is 0.109 e. The lowest BCUT2D eigenvalue weighted by molar-refractivity contribution is -0.181. The number of hydrogen-bond acceptors (Lipinski definition) is 7. The summed E-state index contributed by atoms with van der Waals surface area (Å²) in [6.45, 7) is 2.99. The highest BCUT2D eigenvalue weighted by atomic mass is 16.5. The Morgan fingerprint density at radius 3 is 2.52 bits per heavy atom. The SMILES string of the molecule is CNCCOCCOCCCC1CC(O)C(O)C(CO)O1. The summed E-state index contributed by atoms with van der Waals surface area (Å²) in [6, 6.07) is 0. The number of aliphatic hydroxyl groups excluding tert-OH is 3. The van der Waals surface area contributed by atoms with E-state index in [2.05, 4.69) is 5.32 Å². The fourth-order valence-corrected chi connectivity index (χ4v) is 2.29. The monoisotopic (exact) mass is 307 g/mol. The van der Waals surface area contributed by atoms with Gasteiger partial charge in [-0.1, -0.05) is 0 Å². The van der Waals surface area contributed by atoms with Crippen molar-refractivity contribution >= 4 is 0 Å². The molecule has 21 heavy (non-hydrogen) atoms. The van der Waals surface area contributed by atoms with Gasteiger partial charge in [0.25, 0.3) is 0 Å². The van der Waals surface area contributed by atoms with Crippen LogP contribution in [-0.2, 0) is 14.2 Å². The molecule has 4 atom stereocenters. The standard InChI is InChI=1S/C14H29NO6/c1-15-4-6-20-8-7-19-5-2-3-11-9-12(17)14(18)13(10-16)21-11/h11-18H,2-10H2,1H3. The average Bonchev–Trinajstić information content (AvgIpc) is 2.48. The van der Waals surface area contributed by atoms with Crippen LogP contribution >= 0.6 is 0 Å². The van der Waals surface area contributed by atoms with E-state index in [-0.39, 0.29) is 12.7 Å². The van der Waals surface area contributed by atoms with Gasteiger partial charge in [-0.15, -0.1) is 0 Å². The van der Waals surface area contributed by atoms with Gasteiger partial charge in [-0.25, -0.2) is 0 Å². The van der Waals surface area contributed by atoms with Gasteiger partial charge < -0.3 is 34.8 Å². The van der Waals surface area contributed by atoms with Gasteiger partial charge in [0.2, 0.25) is 0 Å². The molecule has 1 aliphatic rings. The first kappa shape index (κ1) is 18.8. The van der Waals surface area contributed by atoms with Crippen molar-refractivity contribution in [1.82, 2.24) is 5.32 Å². The Labute approximate surface area is 126 Å². The summed E-state index contributed by atoms with van der Waals surface area (Å²) in [5, 5.41) is 31.4. The molecule has 1 heterocycles. The topological polar surface area (TPSA) is 100 Å². The molecule has 1 rings (SSSR count). The highest BCUT2D eigenvalue weighted by molar-refractivity contribution is 4.84. The van der Waals surface area contributed by atoms with Gasteiger partial charge in [0.15, 0.2) is 0 Å². The van der Waals surface area contributed by atoms with E-state index < -0.39 is 18.3 Å². The number of likely N-dealkylation sites (N-methyl/N-ethyl adjacent to an activating group) is 1. The van der Waals surface area contributed by atoms with Gasteiger partial charge in [-0.2, -0.15) is 0 Å². The number of nitrogens with one attached hydrogen (secondary N) is 1. The van der Waals surface area contributed by atoms with Gasteiger partial charge >= 0.3 is 0 Å². The first-order valence-electron chi connectivity index (χ1n) is 7.61. The number of aliphatic hydroxyl groups is 3. The molecule has 0 aromatic carbocycles. The van der Waals surface area contributed by atoms with E-state index >= 15 is 0 Å². The number of rotatable bonds is 11. The fraction of sp³-hybridized carbons (Fsp3) is 1.00. The normalized spacial score (nSPS) is 29.7. The lowest BCUT2D eigenvalue weighted by Gasteiger charge is -2.36. The van der Waals surface area contributed by atoms with Crippen LogP contribution in [-0.4, -0.2) is 86.4 Å². The molecule has 0 amide bonds. The Balaban J connectivity index is 2.00. The first-order valence-corrected chi connectivity index (χ1v) is 7.61. The minimum absolute atomic E-state index is 0.143. The highest BCUT2D eigenvalue weighted by Gasteiger charge is 2.35. The van der Waals surface area contributed by atoms with Crippen molar-refractivity contribution in [3.63, 3.8) is 0 Å². The molecule has 0 bridgehead atoms. The van der Waals surface area contributed by atoms with Crippen LogP contribution in [0.15, 0.2) is 0 Å². The predicted octanol–water partition coefficient (Wildman–Crippen LogP) is -1.11. The third-order valence-electron chi connectivity index (χ3n) is 3.51. The molecule has 1 fully saturated rings. The molecule has 4 N–H and O–H groups in total. The smallest absolute Gasteiger partial charge is 0.109 e. The summed E-state index contributed by atoms with van der Waals surface area (Å²) < 4.78 is 16.3. The molecule has 0 aromatic heterocycles. The van der Waals surface area contributed by atoms with Crippen LogP contribution in [0, 0.1) is 0 Å². The van der Waals surface area contributed by atoms with Crippen LogP contribution in [0.1, 0.15) is 19.3 Å². The Hall–Kier alpha value is -0.280.